The van der Waals surface area contributed by atoms with E-state index in [0.717, 1.165) is 35.5 Å². The first-order valence-corrected chi connectivity index (χ1v) is 6.97. The van der Waals surface area contributed by atoms with Gasteiger partial charge in [-0.1, -0.05) is 12.5 Å². The molecule has 0 spiro atoms. The lowest BCUT2D eigenvalue weighted by atomic mass is 9.77. The third-order valence-corrected chi connectivity index (χ3v) is 4.43. The summed E-state index contributed by atoms with van der Waals surface area (Å²) in [7, 11) is 0. The number of nitrogens with two attached hydrogens (primary N) is 1. The molecule has 0 radical (unpaired) electrons. The lowest BCUT2D eigenvalue weighted by molar-refractivity contribution is -0.165. The van der Waals surface area contributed by atoms with E-state index in [0.29, 0.717) is 18.5 Å². The summed E-state index contributed by atoms with van der Waals surface area (Å²) in [5, 5.41) is 11.2. The molecular formula is C15H18N2O3. The van der Waals surface area contributed by atoms with Gasteiger partial charge in [-0.15, -0.1) is 0 Å². The van der Waals surface area contributed by atoms with Gasteiger partial charge < -0.3 is 10.9 Å². The molecular weight excluding hydrogens is 256 g/mol. The molecule has 1 aliphatic carbocycles. The Balaban J connectivity index is 1.85. The van der Waals surface area contributed by atoms with E-state index < -0.39 is 11.9 Å². The van der Waals surface area contributed by atoms with Gasteiger partial charge in [0.15, 0.2) is 5.78 Å². The van der Waals surface area contributed by atoms with E-state index in [4.69, 9.17) is 5.73 Å². The molecule has 20 heavy (non-hydrogen) atoms. The van der Waals surface area contributed by atoms with Crippen molar-refractivity contribution in [2.75, 3.05) is 0 Å². The highest BCUT2D eigenvalue weighted by Gasteiger charge is 2.37. The summed E-state index contributed by atoms with van der Waals surface area (Å²) < 4.78 is 0. The molecule has 5 nitrogen and oxygen atoms in total. The van der Waals surface area contributed by atoms with Crippen molar-refractivity contribution < 1.29 is 14.8 Å². The van der Waals surface area contributed by atoms with Crippen LogP contribution in [0.3, 0.4) is 0 Å². The summed E-state index contributed by atoms with van der Waals surface area (Å²) in [6, 6.07) is 4.70. The van der Waals surface area contributed by atoms with Crippen LogP contribution in [-0.4, -0.2) is 28.0 Å². The van der Waals surface area contributed by atoms with Crippen LogP contribution in [0.2, 0.25) is 0 Å². The van der Waals surface area contributed by atoms with Crippen LogP contribution in [0.15, 0.2) is 18.2 Å². The molecule has 1 amide bonds. The Morgan fingerprint density at radius 3 is 2.60 bits per heavy atom. The van der Waals surface area contributed by atoms with E-state index >= 15 is 0 Å². The summed E-state index contributed by atoms with van der Waals surface area (Å²) in [4.78, 5) is 23.6. The highest BCUT2D eigenvalue weighted by Crippen LogP contribution is 2.32. The Morgan fingerprint density at radius 1 is 1.25 bits per heavy atom. The number of hydrogen-bond acceptors (Lipinski definition) is 4. The molecule has 1 unspecified atom stereocenters. The van der Waals surface area contributed by atoms with Crippen LogP contribution >= 0.6 is 0 Å². The molecule has 1 fully saturated rings. The third-order valence-electron chi connectivity index (χ3n) is 4.43. The van der Waals surface area contributed by atoms with E-state index in [2.05, 4.69) is 0 Å². The number of carbonyl (C=O) groups excluding carboxylic acids is 2. The van der Waals surface area contributed by atoms with Gasteiger partial charge in [0.25, 0.3) is 0 Å². The second-order valence-electron chi connectivity index (χ2n) is 5.70. The molecule has 0 bridgehead atoms. The maximum Gasteiger partial charge on any atom is 0.248 e. The van der Waals surface area contributed by atoms with Gasteiger partial charge in [-0.25, -0.2) is 0 Å². The van der Waals surface area contributed by atoms with E-state index in [-0.39, 0.29) is 11.7 Å². The van der Waals surface area contributed by atoms with Crippen molar-refractivity contribution in [1.29, 1.82) is 0 Å². The maximum atomic E-state index is 12.3. The fourth-order valence-corrected chi connectivity index (χ4v) is 2.93. The van der Waals surface area contributed by atoms with Gasteiger partial charge >= 0.3 is 0 Å². The molecule has 1 aromatic carbocycles. The first-order valence-electron chi connectivity index (χ1n) is 6.97. The summed E-state index contributed by atoms with van der Waals surface area (Å²) in [5.74, 6) is -0.259. The zero-order valence-corrected chi connectivity index (χ0v) is 11.2. The molecule has 2 aliphatic rings. The number of primary amides is 1. The Kier molecular flexibility index (Phi) is 3.31. The zero-order valence-electron chi connectivity index (χ0n) is 11.2. The lowest BCUT2D eigenvalue weighted by Crippen LogP contribution is -2.47. The average molecular weight is 274 g/mol. The van der Waals surface area contributed by atoms with Crippen molar-refractivity contribution in [2.45, 2.75) is 38.3 Å². The minimum Gasteiger partial charge on any atom is -0.366 e. The number of hydroxylamine groups is 2. The Labute approximate surface area is 117 Å². The molecule has 5 heteroatoms. The monoisotopic (exact) mass is 274 g/mol. The van der Waals surface area contributed by atoms with Crippen LogP contribution in [0, 0.1) is 5.92 Å². The molecule has 0 aromatic heterocycles. The van der Waals surface area contributed by atoms with Crippen molar-refractivity contribution in [3.05, 3.63) is 34.9 Å². The quantitative estimate of drug-likeness (QED) is 0.869. The topological polar surface area (TPSA) is 83.6 Å². The number of rotatable bonds is 3. The van der Waals surface area contributed by atoms with Crippen LogP contribution in [0.4, 0.5) is 0 Å². The molecule has 1 heterocycles. The zero-order chi connectivity index (χ0) is 14.3. The molecule has 0 saturated heterocycles. The minimum absolute atomic E-state index is 0.0931. The van der Waals surface area contributed by atoms with Crippen molar-refractivity contribution >= 4 is 11.7 Å². The predicted molar refractivity (Wildman–Crippen MR) is 72.1 cm³/mol. The minimum atomic E-state index is -0.490. The molecule has 3 rings (SSSR count). The second-order valence-corrected chi connectivity index (χ2v) is 5.70. The van der Waals surface area contributed by atoms with Gasteiger partial charge in [0, 0.05) is 18.0 Å². The fraction of sp³-hybridized carbons (Fsp3) is 0.467. The molecule has 106 valence electrons. The van der Waals surface area contributed by atoms with E-state index in [1.807, 2.05) is 0 Å². The summed E-state index contributed by atoms with van der Waals surface area (Å²) >= 11 is 0. The predicted octanol–water partition coefficient (Wildman–Crippen LogP) is 1.27. The lowest BCUT2D eigenvalue weighted by Gasteiger charge is -2.35. The smallest absolute Gasteiger partial charge is 0.248 e. The maximum absolute atomic E-state index is 12.3. The normalized spacial score (nSPS) is 22.9. The Bertz CT molecular complexity index is 566. The van der Waals surface area contributed by atoms with Crippen LogP contribution in [0.5, 0.6) is 0 Å². The number of hydrogen-bond donors (Lipinski definition) is 2. The standard InChI is InChI=1S/C15H18N2O3/c16-15(19)10-4-5-11-8-17(20)13(7-12(11)6-10)14(18)9-2-1-3-9/h4-6,9,13,20H,1-3,7-8H2,(H2,16,19). The molecule has 1 aromatic rings. The number of amides is 1. The Morgan fingerprint density at radius 2 is 2.00 bits per heavy atom. The van der Waals surface area contributed by atoms with Gasteiger partial charge in [0.05, 0.1) is 6.04 Å². The highest BCUT2D eigenvalue weighted by molar-refractivity contribution is 5.93. The van der Waals surface area contributed by atoms with Crippen LogP contribution < -0.4 is 5.73 Å². The van der Waals surface area contributed by atoms with Crippen molar-refractivity contribution in [3.8, 4) is 0 Å². The van der Waals surface area contributed by atoms with Crippen molar-refractivity contribution in [2.24, 2.45) is 11.7 Å². The average Bonchev–Trinajstić information content (AvgIpc) is 2.35. The van der Waals surface area contributed by atoms with Crippen molar-refractivity contribution in [3.63, 3.8) is 0 Å². The second kappa shape index (κ2) is 5.00. The van der Waals surface area contributed by atoms with Crippen LogP contribution in [0.1, 0.15) is 40.7 Å². The van der Waals surface area contributed by atoms with Gasteiger partial charge in [-0.3, -0.25) is 9.59 Å². The van der Waals surface area contributed by atoms with Crippen LogP contribution in [0.25, 0.3) is 0 Å². The summed E-state index contributed by atoms with van der Waals surface area (Å²) in [6.45, 7) is 0.317. The molecule has 3 N–H and O–H groups in total. The molecule has 1 atom stereocenters. The largest absolute Gasteiger partial charge is 0.366 e. The molecule has 1 saturated carbocycles. The van der Waals surface area contributed by atoms with E-state index in [9.17, 15) is 14.8 Å². The first-order chi connectivity index (χ1) is 9.56. The Hall–Kier alpha value is -1.72. The van der Waals surface area contributed by atoms with E-state index in [1.165, 1.54) is 0 Å². The fourth-order valence-electron chi connectivity index (χ4n) is 2.93. The number of nitrogens with zero attached hydrogens (tertiary/aromatic N) is 1. The van der Waals surface area contributed by atoms with Gasteiger partial charge in [0.2, 0.25) is 5.91 Å². The highest BCUT2D eigenvalue weighted by atomic mass is 16.5. The summed E-state index contributed by atoms with van der Waals surface area (Å²) in [6.07, 6.45) is 3.40. The van der Waals surface area contributed by atoms with Gasteiger partial charge in [-0.05, 0) is 42.5 Å². The van der Waals surface area contributed by atoms with Crippen molar-refractivity contribution in [1.82, 2.24) is 5.06 Å². The first kappa shape index (κ1) is 13.3. The van der Waals surface area contributed by atoms with E-state index in [1.54, 1.807) is 18.2 Å². The SMILES string of the molecule is NC(=O)c1ccc2c(c1)CC(C(=O)C1CCC1)N(O)C2. The number of ketones is 1. The number of fused-ring (bicyclic) bond motifs is 1. The number of Topliss-reactive ketones (excluding diaryl/α,β-unsaturated/α-hetero) is 1. The third kappa shape index (κ3) is 2.23. The summed E-state index contributed by atoms with van der Waals surface area (Å²) in [5.41, 5.74) is 7.61. The number of carbonyl (C=O) groups is 2. The number of benzene rings is 1. The van der Waals surface area contributed by atoms with Gasteiger partial charge in [-0.2, -0.15) is 5.06 Å². The van der Waals surface area contributed by atoms with Gasteiger partial charge in [0.1, 0.15) is 0 Å². The molecule has 1 aliphatic heterocycles. The van der Waals surface area contributed by atoms with Crippen LogP contribution in [-0.2, 0) is 17.8 Å².